The number of thiophene rings is 1. The topological polar surface area (TPSA) is 54.5 Å². The van der Waals surface area contributed by atoms with Crippen molar-refractivity contribution in [3.8, 4) is 0 Å². The van der Waals surface area contributed by atoms with Gasteiger partial charge in [0.25, 0.3) is 0 Å². The molecule has 1 aliphatic heterocycles. The van der Waals surface area contributed by atoms with E-state index in [2.05, 4.69) is 0 Å². The summed E-state index contributed by atoms with van der Waals surface area (Å²) in [7, 11) is 0. The van der Waals surface area contributed by atoms with Gasteiger partial charge in [-0.3, -0.25) is 19.3 Å². The van der Waals surface area contributed by atoms with Gasteiger partial charge in [0.2, 0.25) is 11.8 Å². The number of rotatable bonds is 3. The lowest BCUT2D eigenvalue weighted by atomic mass is 9.84. The Labute approximate surface area is 144 Å². The maximum Gasteiger partial charge on any atom is 0.236 e. The summed E-state index contributed by atoms with van der Waals surface area (Å²) in [5.41, 5.74) is 0.433. The second-order valence-corrected chi connectivity index (χ2v) is 7.98. The molecule has 2 aliphatic rings. The molecule has 24 heavy (non-hydrogen) atoms. The Kier molecular flexibility index (Phi) is 3.57. The third-order valence-electron chi connectivity index (χ3n) is 5.45. The Bertz CT molecular complexity index is 861. The Morgan fingerprint density at radius 3 is 2.62 bits per heavy atom. The van der Waals surface area contributed by atoms with Gasteiger partial charge in [-0.15, -0.1) is 11.3 Å². The highest BCUT2D eigenvalue weighted by Gasteiger charge is 2.52. The molecule has 4 rings (SSSR count). The van der Waals surface area contributed by atoms with Gasteiger partial charge in [0.15, 0.2) is 5.78 Å². The number of amides is 2. The van der Waals surface area contributed by atoms with E-state index in [1.165, 1.54) is 16.2 Å². The largest absolute Gasteiger partial charge is 0.291 e. The van der Waals surface area contributed by atoms with Gasteiger partial charge in [-0.1, -0.05) is 31.0 Å². The first-order valence-electron chi connectivity index (χ1n) is 8.38. The first-order chi connectivity index (χ1) is 11.5. The number of aryl methyl sites for hydroxylation is 1. The molecule has 2 heterocycles. The molecule has 1 saturated heterocycles. The van der Waals surface area contributed by atoms with Crippen LogP contribution in [-0.2, 0) is 9.59 Å². The minimum atomic E-state index is -0.507. The molecule has 2 aromatic rings. The van der Waals surface area contributed by atoms with Crippen LogP contribution < -0.4 is 0 Å². The van der Waals surface area contributed by atoms with Crippen LogP contribution in [0.4, 0.5) is 0 Å². The molecule has 1 aliphatic carbocycles. The number of fused-ring (bicyclic) bond motifs is 1. The molecule has 1 aromatic heterocycles. The van der Waals surface area contributed by atoms with Crippen LogP contribution in [0.25, 0.3) is 10.1 Å². The summed E-state index contributed by atoms with van der Waals surface area (Å²) in [6, 6.07) is 7.89. The third kappa shape index (κ3) is 2.22. The number of likely N-dealkylation sites (tertiary alicyclic amines) is 1. The first-order valence-corrected chi connectivity index (χ1v) is 9.20. The predicted octanol–water partition coefficient (Wildman–Crippen LogP) is 3.71. The van der Waals surface area contributed by atoms with Crippen molar-refractivity contribution in [2.24, 2.45) is 5.41 Å². The van der Waals surface area contributed by atoms with E-state index in [9.17, 15) is 14.4 Å². The monoisotopic (exact) mass is 341 g/mol. The maximum absolute atomic E-state index is 12.7. The van der Waals surface area contributed by atoms with Crippen molar-refractivity contribution in [1.82, 2.24) is 4.90 Å². The molecule has 0 N–H and O–H groups in total. The number of carbonyl (C=O) groups excluding carboxylic acids is 3. The highest BCUT2D eigenvalue weighted by atomic mass is 32.1. The molecule has 0 atom stereocenters. The van der Waals surface area contributed by atoms with E-state index in [0.717, 1.165) is 41.3 Å². The zero-order valence-electron chi connectivity index (χ0n) is 13.6. The minimum absolute atomic E-state index is 0.118. The average molecular weight is 341 g/mol. The van der Waals surface area contributed by atoms with E-state index in [4.69, 9.17) is 0 Å². The molecule has 0 bridgehead atoms. The van der Waals surface area contributed by atoms with Gasteiger partial charge in [0.1, 0.15) is 0 Å². The molecule has 4 nitrogen and oxygen atoms in total. The maximum atomic E-state index is 12.7. The highest BCUT2D eigenvalue weighted by Crippen LogP contribution is 2.46. The number of imide groups is 1. The van der Waals surface area contributed by atoms with Gasteiger partial charge in [-0.2, -0.15) is 0 Å². The molecule has 2 amide bonds. The third-order valence-corrected chi connectivity index (χ3v) is 6.76. The average Bonchev–Trinajstić information content (AvgIpc) is 3.23. The van der Waals surface area contributed by atoms with Gasteiger partial charge in [-0.25, -0.2) is 0 Å². The molecule has 0 unspecified atom stereocenters. The quantitative estimate of drug-likeness (QED) is 0.632. The first kappa shape index (κ1) is 15.5. The lowest BCUT2D eigenvalue weighted by Crippen LogP contribution is -2.38. The van der Waals surface area contributed by atoms with Crippen LogP contribution in [0.1, 0.15) is 47.3 Å². The molecule has 1 aromatic carbocycles. The molecule has 1 saturated carbocycles. The summed E-state index contributed by atoms with van der Waals surface area (Å²) >= 11 is 1.44. The van der Waals surface area contributed by atoms with Crippen molar-refractivity contribution in [1.29, 1.82) is 0 Å². The van der Waals surface area contributed by atoms with E-state index < -0.39 is 5.41 Å². The second-order valence-electron chi connectivity index (χ2n) is 6.92. The van der Waals surface area contributed by atoms with Crippen LogP contribution in [-0.4, -0.2) is 29.0 Å². The van der Waals surface area contributed by atoms with E-state index in [-0.39, 0.29) is 30.6 Å². The van der Waals surface area contributed by atoms with E-state index >= 15 is 0 Å². The summed E-state index contributed by atoms with van der Waals surface area (Å²) in [4.78, 5) is 39.7. The van der Waals surface area contributed by atoms with Crippen LogP contribution in [0.15, 0.2) is 24.3 Å². The highest BCUT2D eigenvalue weighted by molar-refractivity contribution is 7.21. The fraction of sp³-hybridized carbons (Fsp3) is 0.421. The van der Waals surface area contributed by atoms with Crippen molar-refractivity contribution >= 4 is 39.0 Å². The van der Waals surface area contributed by atoms with Gasteiger partial charge in [0, 0.05) is 11.1 Å². The Morgan fingerprint density at radius 1 is 1.21 bits per heavy atom. The van der Waals surface area contributed by atoms with Gasteiger partial charge >= 0.3 is 0 Å². The number of carbonyl (C=O) groups is 3. The summed E-state index contributed by atoms with van der Waals surface area (Å²) in [6.45, 7) is 1.81. The second kappa shape index (κ2) is 5.52. The van der Waals surface area contributed by atoms with Crippen LogP contribution >= 0.6 is 11.3 Å². The lowest BCUT2D eigenvalue weighted by molar-refractivity contribution is -0.140. The van der Waals surface area contributed by atoms with E-state index in [0.29, 0.717) is 4.88 Å². The number of nitrogens with zero attached hydrogens (tertiary/aromatic N) is 1. The Morgan fingerprint density at radius 2 is 1.92 bits per heavy atom. The van der Waals surface area contributed by atoms with Crippen molar-refractivity contribution in [2.75, 3.05) is 6.54 Å². The normalized spacial score (nSPS) is 19.8. The molecule has 0 radical (unpaired) electrons. The van der Waals surface area contributed by atoms with Gasteiger partial charge < -0.3 is 0 Å². The number of ketones is 1. The van der Waals surface area contributed by atoms with Gasteiger partial charge in [0.05, 0.1) is 16.8 Å². The van der Waals surface area contributed by atoms with E-state index in [1.54, 1.807) is 0 Å². The van der Waals surface area contributed by atoms with Crippen LogP contribution in [0.3, 0.4) is 0 Å². The summed E-state index contributed by atoms with van der Waals surface area (Å²) < 4.78 is 1.06. The van der Waals surface area contributed by atoms with Crippen LogP contribution in [0, 0.1) is 12.3 Å². The number of hydrogen-bond acceptors (Lipinski definition) is 4. The van der Waals surface area contributed by atoms with Crippen LogP contribution in [0.5, 0.6) is 0 Å². The minimum Gasteiger partial charge on any atom is -0.291 e. The zero-order chi connectivity index (χ0) is 16.9. The van der Waals surface area contributed by atoms with Crippen molar-refractivity contribution < 1.29 is 14.4 Å². The molecule has 2 fully saturated rings. The number of hydrogen-bond donors (Lipinski definition) is 0. The number of benzene rings is 1. The summed E-state index contributed by atoms with van der Waals surface area (Å²) in [5.74, 6) is -0.448. The Balaban J connectivity index is 1.60. The summed E-state index contributed by atoms with van der Waals surface area (Å²) in [5, 5.41) is 1.07. The zero-order valence-corrected chi connectivity index (χ0v) is 14.4. The molecular formula is C19H19NO3S. The Hall–Kier alpha value is -2.01. The van der Waals surface area contributed by atoms with Crippen LogP contribution in [0.2, 0.25) is 0 Å². The summed E-state index contributed by atoms with van der Waals surface area (Å²) in [6.07, 6.45) is 3.84. The van der Waals surface area contributed by atoms with E-state index in [1.807, 2.05) is 31.2 Å². The van der Waals surface area contributed by atoms with Crippen molar-refractivity contribution in [3.63, 3.8) is 0 Å². The molecule has 124 valence electrons. The predicted molar refractivity (Wildman–Crippen MR) is 93.1 cm³/mol. The number of Topliss-reactive ketones (excluding diaryl/α,β-unsaturated/α-hetero) is 1. The fourth-order valence-corrected chi connectivity index (χ4v) is 5.26. The molecule has 1 spiro atoms. The SMILES string of the molecule is Cc1c(C(=O)CN2C(=O)CC3(CCCC3)C2=O)sc2ccccc12. The standard InChI is InChI=1S/C19H19NO3S/c1-12-13-6-2-3-7-15(13)24-17(12)14(21)11-20-16(22)10-19(18(20)23)8-4-5-9-19/h2-3,6-7H,4-5,8-11H2,1H3. The fourth-order valence-electron chi connectivity index (χ4n) is 4.12. The molecule has 5 heteroatoms. The van der Waals surface area contributed by atoms with Gasteiger partial charge in [-0.05, 0) is 36.8 Å². The lowest BCUT2D eigenvalue weighted by Gasteiger charge is -2.20. The van der Waals surface area contributed by atoms with Crippen molar-refractivity contribution in [2.45, 2.75) is 39.0 Å². The molecular weight excluding hydrogens is 322 g/mol. The smallest absolute Gasteiger partial charge is 0.236 e. The van der Waals surface area contributed by atoms with Crippen molar-refractivity contribution in [3.05, 3.63) is 34.7 Å².